The van der Waals surface area contributed by atoms with E-state index < -0.39 is 29.3 Å². The number of carbonyl (C=O) groups is 3. The van der Waals surface area contributed by atoms with Crippen LogP contribution in [-0.4, -0.2) is 52.2 Å². The molecule has 1 saturated heterocycles. The van der Waals surface area contributed by atoms with Gasteiger partial charge in [-0.15, -0.1) is 11.8 Å². The number of carboxylic acids is 1. The zero-order chi connectivity index (χ0) is 15.7. The minimum Gasteiger partial charge on any atom is -0.543 e. The molecule has 21 heavy (non-hydrogen) atoms. The van der Waals surface area contributed by atoms with Crippen molar-refractivity contribution in [1.82, 2.24) is 4.90 Å². The molecule has 0 aromatic carbocycles. The van der Waals surface area contributed by atoms with Gasteiger partial charge in [0.15, 0.2) is 0 Å². The number of aliphatic carboxylic acids is 1. The van der Waals surface area contributed by atoms with Gasteiger partial charge in [-0.2, -0.15) is 0 Å². The van der Waals surface area contributed by atoms with E-state index in [1.165, 1.54) is 37.6 Å². The molecular formula is C12H14NO6S2-. The third kappa shape index (κ3) is 2.90. The van der Waals surface area contributed by atoms with E-state index >= 15 is 0 Å². The SMILES string of the molecule is COC(=O)CCSC1=C(C(=O)[O-])N2C(=O)[C@H]([C@@H](C)O)[C@H]2S1. The number of aliphatic hydroxyl groups is 1. The Kier molecular flexibility index (Phi) is 4.84. The molecule has 0 radical (unpaired) electrons. The van der Waals surface area contributed by atoms with Crippen LogP contribution in [0.15, 0.2) is 9.93 Å². The number of hydrogen-bond acceptors (Lipinski definition) is 8. The maximum Gasteiger partial charge on any atom is 0.306 e. The van der Waals surface area contributed by atoms with E-state index in [1.54, 1.807) is 0 Å². The van der Waals surface area contributed by atoms with E-state index in [1.807, 2.05) is 0 Å². The van der Waals surface area contributed by atoms with Gasteiger partial charge in [0.1, 0.15) is 5.37 Å². The van der Waals surface area contributed by atoms with Crippen molar-refractivity contribution in [2.24, 2.45) is 5.92 Å². The molecule has 0 saturated carbocycles. The fraction of sp³-hybridized carbons (Fsp3) is 0.583. The van der Waals surface area contributed by atoms with Crippen LogP contribution in [0.2, 0.25) is 0 Å². The summed E-state index contributed by atoms with van der Waals surface area (Å²) >= 11 is 2.38. The number of fused-ring (bicyclic) bond motifs is 1. The van der Waals surface area contributed by atoms with Crippen molar-refractivity contribution >= 4 is 41.4 Å². The lowest BCUT2D eigenvalue weighted by Gasteiger charge is -2.44. The molecule has 1 amide bonds. The third-order valence-electron chi connectivity index (χ3n) is 3.23. The Bertz CT molecular complexity index is 518. The van der Waals surface area contributed by atoms with Crippen molar-refractivity contribution in [3.63, 3.8) is 0 Å². The van der Waals surface area contributed by atoms with Gasteiger partial charge in [0, 0.05) is 5.75 Å². The molecular weight excluding hydrogens is 318 g/mol. The van der Waals surface area contributed by atoms with E-state index in [0.29, 0.717) is 9.99 Å². The fourth-order valence-corrected chi connectivity index (χ4v) is 5.08. The summed E-state index contributed by atoms with van der Waals surface area (Å²) in [5.41, 5.74) is -0.165. The number of β-lactam (4-membered cyclic amide) rings is 1. The van der Waals surface area contributed by atoms with Crippen molar-refractivity contribution in [2.45, 2.75) is 24.8 Å². The van der Waals surface area contributed by atoms with E-state index in [2.05, 4.69) is 4.74 Å². The molecule has 9 heteroatoms. The van der Waals surface area contributed by atoms with Crippen LogP contribution in [0.3, 0.4) is 0 Å². The van der Waals surface area contributed by atoms with Gasteiger partial charge in [-0.3, -0.25) is 14.5 Å². The molecule has 0 spiro atoms. The van der Waals surface area contributed by atoms with Crippen LogP contribution < -0.4 is 5.11 Å². The molecule has 2 aliphatic rings. The lowest BCUT2D eigenvalue weighted by atomic mass is 9.92. The van der Waals surface area contributed by atoms with Gasteiger partial charge in [0.25, 0.3) is 0 Å². The second-order valence-corrected chi connectivity index (χ2v) is 7.07. The molecule has 116 valence electrons. The van der Waals surface area contributed by atoms with Crippen molar-refractivity contribution in [1.29, 1.82) is 0 Å². The number of hydrogen-bond donors (Lipinski definition) is 1. The van der Waals surface area contributed by atoms with Crippen LogP contribution in [0, 0.1) is 5.92 Å². The highest BCUT2D eigenvalue weighted by Crippen LogP contribution is 2.53. The van der Waals surface area contributed by atoms with Crippen LogP contribution in [-0.2, 0) is 19.1 Å². The first kappa shape index (κ1) is 16.2. The lowest BCUT2D eigenvalue weighted by Crippen LogP contribution is -2.61. The molecule has 7 nitrogen and oxygen atoms in total. The highest BCUT2D eigenvalue weighted by Gasteiger charge is 2.56. The van der Waals surface area contributed by atoms with Gasteiger partial charge in [0.05, 0.1) is 41.5 Å². The summed E-state index contributed by atoms with van der Waals surface area (Å²) in [6, 6.07) is 0. The molecule has 2 aliphatic heterocycles. The quantitative estimate of drug-likeness (QED) is 0.493. The summed E-state index contributed by atoms with van der Waals surface area (Å²) in [5.74, 6) is -2.49. The first-order chi connectivity index (χ1) is 9.88. The van der Waals surface area contributed by atoms with Gasteiger partial charge in [-0.1, -0.05) is 11.8 Å². The molecule has 3 atom stereocenters. The van der Waals surface area contributed by atoms with Crippen LogP contribution in [0.1, 0.15) is 13.3 Å². The normalized spacial score (nSPS) is 25.5. The number of methoxy groups -OCH3 is 1. The Morgan fingerprint density at radius 1 is 1.57 bits per heavy atom. The number of rotatable bonds is 6. The molecule has 1 fully saturated rings. The Morgan fingerprint density at radius 3 is 2.76 bits per heavy atom. The van der Waals surface area contributed by atoms with Crippen LogP contribution in [0.4, 0.5) is 0 Å². The molecule has 2 heterocycles. The Hall–Kier alpha value is -1.19. The second kappa shape index (κ2) is 6.29. The lowest BCUT2D eigenvalue weighted by molar-refractivity contribution is -0.301. The number of thioether (sulfide) groups is 2. The van der Waals surface area contributed by atoms with Crippen LogP contribution in [0.25, 0.3) is 0 Å². The number of carbonyl (C=O) groups excluding carboxylic acids is 3. The molecule has 0 aliphatic carbocycles. The Morgan fingerprint density at radius 2 is 2.24 bits per heavy atom. The zero-order valence-corrected chi connectivity index (χ0v) is 13.0. The van der Waals surface area contributed by atoms with Gasteiger partial charge < -0.3 is 19.7 Å². The number of amides is 1. The number of ether oxygens (including phenoxy) is 1. The van der Waals surface area contributed by atoms with Crippen molar-refractivity contribution in [3.05, 3.63) is 9.93 Å². The van der Waals surface area contributed by atoms with Crippen molar-refractivity contribution in [3.8, 4) is 0 Å². The molecule has 1 N–H and O–H groups in total. The third-order valence-corrected chi connectivity index (χ3v) is 5.89. The largest absolute Gasteiger partial charge is 0.543 e. The molecule has 2 rings (SSSR count). The predicted octanol–water partition coefficient (Wildman–Crippen LogP) is -0.886. The molecule has 0 aromatic heterocycles. The summed E-state index contributed by atoms with van der Waals surface area (Å²) in [4.78, 5) is 35.4. The first-order valence-corrected chi connectivity index (χ1v) is 8.08. The summed E-state index contributed by atoms with van der Waals surface area (Å²) in [7, 11) is 1.28. The topological polar surface area (TPSA) is 107 Å². The predicted molar refractivity (Wildman–Crippen MR) is 74.5 cm³/mol. The maximum absolute atomic E-state index is 11.9. The first-order valence-electron chi connectivity index (χ1n) is 6.21. The fourth-order valence-electron chi connectivity index (χ4n) is 2.17. The summed E-state index contributed by atoms with van der Waals surface area (Å²) in [5, 5.41) is 20.4. The van der Waals surface area contributed by atoms with Gasteiger partial charge in [-0.25, -0.2) is 0 Å². The zero-order valence-electron chi connectivity index (χ0n) is 11.4. The highest BCUT2D eigenvalue weighted by atomic mass is 32.2. The number of carboxylic acid groups (broad SMARTS) is 1. The highest BCUT2D eigenvalue weighted by molar-refractivity contribution is 8.22. The number of esters is 1. The average Bonchev–Trinajstić information content (AvgIpc) is 2.72. The Labute approximate surface area is 129 Å². The Balaban J connectivity index is 2.08. The van der Waals surface area contributed by atoms with Gasteiger partial charge in [0.2, 0.25) is 5.91 Å². The van der Waals surface area contributed by atoms with E-state index in [4.69, 9.17) is 0 Å². The summed E-state index contributed by atoms with van der Waals surface area (Å²) in [6.07, 6.45) is -0.696. The molecule has 0 bridgehead atoms. The van der Waals surface area contributed by atoms with Gasteiger partial charge in [-0.05, 0) is 6.92 Å². The van der Waals surface area contributed by atoms with E-state index in [0.717, 1.165) is 4.90 Å². The standard InChI is InChI=1S/C12H15NO6S2/c1-5(14)7-9(16)13-8(11(17)18)12(21-10(7)13)20-4-3-6(15)19-2/h5,7,10,14H,3-4H2,1-2H3,(H,17,18)/p-1/t5-,7+,10-/m1/s1. The smallest absolute Gasteiger partial charge is 0.306 e. The van der Waals surface area contributed by atoms with Gasteiger partial charge >= 0.3 is 5.97 Å². The molecule has 0 aromatic rings. The monoisotopic (exact) mass is 332 g/mol. The van der Waals surface area contributed by atoms with E-state index in [9.17, 15) is 24.6 Å². The van der Waals surface area contributed by atoms with Crippen molar-refractivity contribution in [2.75, 3.05) is 12.9 Å². The van der Waals surface area contributed by atoms with Crippen LogP contribution >= 0.6 is 23.5 Å². The summed E-state index contributed by atoms with van der Waals surface area (Å²) < 4.78 is 4.94. The number of nitrogens with zero attached hydrogens (tertiary/aromatic N) is 1. The molecule has 0 unspecified atom stereocenters. The average molecular weight is 332 g/mol. The minimum absolute atomic E-state index is 0.143. The number of aliphatic hydroxyl groups excluding tert-OH is 1. The van der Waals surface area contributed by atoms with Crippen molar-refractivity contribution < 1.29 is 29.3 Å². The summed E-state index contributed by atoms with van der Waals surface area (Å²) in [6.45, 7) is 1.50. The maximum atomic E-state index is 11.9. The second-order valence-electron chi connectivity index (χ2n) is 4.58. The minimum atomic E-state index is -1.43. The van der Waals surface area contributed by atoms with Crippen LogP contribution in [0.5, 0.6) is 0 Å². The van der Waals surface area contributed by atoms with E-state index in [-0.39, 0.29) is 18.1 Å².